The first kappa shape index (κ1) is 26.0. The van der Waals surface area contributed by atoms with E-state index < -0.39 is 6.10 Å². The molecule has 0 spiro atoms. The molecule has 2 amide bonds. The van der Waals surface area contributed by atoms with E-state index in [-0.39, 0.29) is 17.9 Å². The second-order valence-electron chi connectivity index (χ2n) is 9.77. The number of methoxy groups -OCH3 is 1. The summed E-state index contributed by atoms with van der Waals surface area (Å²) >= 11 is 0. The average Bonchev–Trinajstić information content (AvgIpc) is 2.97. The molecule has 0 bridgehead atoms. The number of anilines is 1. The van der Waals surface area contributed by atoms with Crippen LogP contribution in [0.4, 0.5) is 5.69 Å². The molecule has 6 nitrogen and oxygen atoms in total. The first-order valence-corrected chi connectivity index (χ1v) is 13.1. The Hall–Kier alpha value is -4.58. The summed E-state index contributed by atoms with van der Waals surface area (Å²) in [6, 6.07) is 30.5. The average molecular weight is 521 g/mol. The van der Waals surface area contributed by atoms with E-state index in [1.165, 1.54) is 5.56 Å². The zero-order valence-corrected chi connectivity index (χ0v) is 22.4. The zero-order chi connectivity index (χ0) is 27.4. The molecular formula is C33H32N2O4. The van der Waals surface area contributed by atoms with Crippen molar-refractivity contribution in [2.75, 3.05) is 19.0 Å². The van der Waals surface area contributed by atoms with Crippen LogP contribution in [0, 0.1) is 6.92 Å². The highest BCUT2D eigenvalue weighted by Gasteiger charge is 2.33. The highest BCUT2D eigenvalue weighted by molar-refractivity contribution is 5.95. The SMILES string of the molecule is COc1ccc(NC(=O)[C@@H](C)Oc2ccc3c(c2)[C@@H](c2cccc(C)c2)N(C(=O)c2ccccc2)CC3)cc1. The monoisotopic (exact) mass is 520 g/mol. The number of benzene rings is 4. The lowest BCUT2D eigenvalue weighted by atomic mass is 9.87. The molecule has 2 atom stereocenters. The summed E-state index contributed by atoms with van der Waals surface area (Å²) in [4.78, 5) is 28.5. The minimum absolute atomic E-state index is 0.00804. The fraction of sp³-hybridized carbons (Fsp3) is 0.212. The van der Waals surface area contributed by atoms with Gasteiger partial charge in [0.15, 0.2) is 6.10 Å². The summed E-state index contributed by atoms with van der Waals surface area (Å²) in [5.41, 5.74) is 5.68. The largest absolute Gasteiger partial charge is 0.497 e. The maximum absolute atomic E-state index is 13.7. The van der Waals surface area contributed by atoms with Crippen molar-refractivity contribution in [3.8, 4) is 11.5 Å². The fourth-order valence-electron chi connectivity index (χ4n) is 5.01. The number of rotatable bonds is 7. The van der Waals surface area contributed by atoms with Gasteiger partial charge in [-0.05, 0) is 85.5 Å². The molecule has 0 saturated heterocycles. The highest BCUT2D eigenvalue weighted by atomic mass is 16.5. The van der Waals surface area contributed by atoms with E-state index in [9.17, 15) is 9.59 Å². The lowest BCUT2D eigenvalue weighted by Gasteiger charge is -2.38. The molecule has 1 aliphatic heterocycles. The van der Waals surface area contributed by atoms with Crippen LogP contribution in [0.15, 0.2) is 97.1 Å². The van der Waals surface area contributed by atoms with Gasteiger partial charge in [0.05, 0.1) is 13.2 Å². The molecule has 0 fully saturated rings. The summed E-state index contributed by atoms with van der Waals surface area (Å²) in [6.45, 7) is 4.39. The Labute approximate surface area is 229 Å². The van der Waals surface area contributed by atoms with E-state index in [0.29, 0.717) is 29.3 Å². The van der Waals surface area contributed by atoms with Crippen LogP contribution in [0.2, 0.25) is 0 Å². The molecule has 6 heteroatoms. The third kappa shape index (κ3) is 5.80. The molecule has 0 unspecified atom stereocenters. The molecule has 5 rings (SSSR count). The lowest BCUT2D eigenvalue weighted by molar-refractivity contribution is -0.122. The summed E-state index contributed by atoms with van der Waals surface area (Å²) < 4.78 is 11.3. The van der Waals surface area contributed by atoms with Crippen molar-refractivity contribution in [1.29, 1.82) is 0 Å². The van der Waals surface area contributed by atoms with Gasteiger partial charge in [-0.3, -0.25) is 9.59 Å². The number of carbonyl (C=O) groups excluding carboxylic acids is 2. The second-order valence-corrected chi connectivity index (χ2v) is 9.77. The summed E-state index contributed by atoms with van der Waals surface area (Å²) in [5, 5.41) is 2.88. The smallest absolute Gasteiger partial charge is 0.265 e. The van der Waals surface area contributed by atoms with Crippen molar-refractivity contribution in [3.63, 3.8) is 0 Å². The quantitative estimate of drug-likeness (QED) is 0.315. The molecule has 198 valence electrons. The number of nitrogens with one attached hydrogen (secondary N) is 1. The van der Waals surface area contributed by atoms with Gasteiger partial charge < -0.3 is 19.7 Å². The standard InChI is InChI=1S/C33H32N2O4/c1-22-8-7-11-26(20-22)31-30-21-29(39-23(2)32(36)34-27-13-16-28(38-3)17-14-27)15-12-24(30)18-19-35(31)33(37)25-9-5-4-6-10-25/h4-17,20-21,23,31H,18-19H2,1-3H3,(H,34,36)/t23-,31-/m1/s1. The minimum Gasteiger partial charge on any atom is -0.497 e. The van der Waals surface area contributed by atoms with Crippen LogP contribution >= 0.6 is 0 Å². The van der Waals surface area contributed by atoms with Gasteiger partial charge in [0.2, 0.25) is 0 Å². The number of hydrogen-bond acceptors (Lipinski definition) is 4. The summed E-state index contributed by atoms with van der Waals surface area (Å²) in [7, 11) is 1.60. The molecule has 0 aromatic heterocycles. The van der Waals surface area contributed by atoms with Crippen molar-refractivity contribution in [3.05, 3.63) is 125 Å². The third-order valence-electron chi connectivity index (χ3n) is 7.02. The number of aryl methyl sites for hydroxylation is 1. The molecule has 1 N–H and O–H groups in total. The number of fused-ring (bicyclic) bond motifs is 1. The number of carbonyl (C=O) groups is 2. The van der Waals surface area contributed by atoms with Gasteiger partial charge in [-0.15, -0.1) is 0 Å². The number of ether oxygens (including phenoxy) is 2. The van der Waals surface area contributed by atoms with Gasteiger partial charge in [-0.2, -0.15) is 0 Å². The Morgan fingerprint density at radius 1 is 0.897 bits per heavy atom. The van der Waals surface area contributed by atoms with Crippen LogP contribution in [-0.4, -0.2) is 36.5 Å². The molecular weight excluding hydrogens is 488 g/mol. The second kappa shape index (κ2) is 11.4. The van der Waals surface area contributed by atoms with E-state index >= 15 is 0 Å². The molecule has 1 aliphatic rings. The third-order valence-corrected chi connectivity index (χ3v) is 7.02. The molecule has 0 radical (unpaired) electrons. The maximum Gasteiger partial charge on any atom is 0.265 e. The molecule has 0 aliphatic carbocycles. The fourth-order valence-corrected chi connectivity index (χ4v) is 5.01. The molecule has 39 heavy (non-hydrogen) atoms. The molecule has 1 heterocycles. The Bertz CT molecular complexity index is 1470. The molecule has 0 saturated carbocycles. The van der Waals surface area contributed by atoms with E-state index in [2.05, 4.69) is 30.4 Å². The maximum atomic E-state index is 13.7. The number of amides is 2. The summed E-state index contributed by atoms with van der Waals surface area (Å²) in [6.07, 6.45) is 0.0116. The van der Waals surface area contributed by atoms with Gasteiger partial charge in [-0.25, -0.2) is 0 Å². The van der Waals surface area contributed by atoms with Crippen molar-refractivity contribution in [1.82, 2.24) is 4.90 Å². The van der Waals surface area contributed by atoms with Crippen LogP contribution in [0.25, 0.3) is 0 Å². The lowest BCUT2D eigenvalue weighted by Crippen LogP contribution is -2.40. The van der Waals surface area contributed by atoms with Gasteiger partial charge in [0, 0.05) is 17.8 Å². The van der Waals surface area contributed by atoms with Gasteiger partial charge in [0.25, 0.3) is 11.8 Å². The topological polar surface area (TPSA) is 67.9 Å². The van der Waals surface area contributed by atoms with E-state index in [4.69, 9.17) is 9.47 Å². The van der Waals surface area contributed by atoms with E-state index in [0.717, 1.165) is 23.1 Å². The minimum atomic E-state index is -0.729. The van der Waals surface area contributed by atoms with Crippen molar-refractivity contribution in [2.24, 2.45) is 0 Å². The first-order chi connectivity index (χ1) is 18.9. The van der Waals surface area contributed by atoms with Crippen LogP contribution in [0.5, 0.6) is 11.5 Å². The summed E-state index contributed by atoms with van der Waals surface area (Å²) in [5.74, 6) is 1.03. The van der Waals surface area contributed by atoms with Crippen molar-refractivity contribution >= 4 is 17.5 Å². The molecule has 4 aromatic carbocycles. The Balaban J connectivity index is 1.42. The van der Waals surface area contributed by atoms with Crippen LogP contribution in [0.1, 0.15) is 45.6 Å². The van der Waals surface area contributed by atoms with Gasteiger partial charge in [0.1, 0.15) is 11.5 Å². The first-order valence-electron chi connectivity index (χ1n) is 13.1. The normalized spacial score (nSPS) is 15.2. The number of hydrogen-bond donors (Lipinski definition) is 1. The van der Waals surface area contributed by atoms with E-state index in [1.807, 2.05) is 59.5 Å². The van der Waals surface area contributed by atoms with Crippen molar-refractivity contribution < 1.29 is 19.1 Å². The Kier molecular flexibility index (Phi) is 7.64. The highest BCUT2D eigenvalue weighted by Crippen LogP contribution is 2.38. The van der Waals surface area contributed by atoms with Gasteiger partial charge in [-0.1, -0.05) is 54.1 Å². The predicted octanol–water partition coefficient (Wildman–Crippen LogP) is 6.20. The van der Waals surface area contributed by atoms with Crippen LogP contribution < -0.4 is 14.8 Å². The zero-order valence-electron chi connectivity index (χ0n) is 22.4. The molecule has 4 aromatic rings. The Morgan fingerprint density at radius 2 is 1.64 bits per heavy atom. The van der Waals surface area contributed by atoms with E-state index in [1.54, 1.807) is 38.3 Å². The Morgan fingerprint density at radius 3 is 2.36 bits per heavy atom. The van der Waals surface area contributed by atoms with Gasteiger partial charge >= 0.3 is 0 Å². The number of nitrogens with zero attached hydrogens (tertiary/aromatic N) is 1. The van der Waals surface area contributed by atoms with Crippen LogP contribution in [0.3, 0.4) is 0 Å². The predicted molar refractivity (Wildman–Crippen MR) is 152 cm³/mol. The van der Waals surface area contributed by atoms with Crippen molar-refractivity contribution in [2.45, 2.75) is 32.4 Å². The van der Waals surface area contributed by atoms with Crippen LogP contribution in [-0.2, 0) is 11.2 Å².